The van der Waals surface area contributed by atoms with Gasteiger partial charge in [0.2, 0.25) is 0 Å². The highest BCUT2D eigenvalue weighted by atomic mass is 79.9. The molecule has 0 aromatic carbocycles. The Bertz CT molecular complexity index is 392. The molecule has 0 spiro atoms. The van der Waals surface area contributed by atoms with Crippen molar-refractivity contribution in [2.45, 2.75) is 4.83 Å². The van der Waals surface area contributed by atoms with E-state index in [9.17, 15) is 0 Å². The van der Waals surface area contributed by atoms with Gasteiger partial charge in [-0.3, -0.25) is 0 Å². The van der Waals surface area contributed by atoms with Crippen LogP contribution in [0.2, 0.25) is 0 Å². The van der Waals surface area contributed by atoms with Crippen molar-refractivity contribution in [3.8, 4) is 0 Å². The molecule has 0 aliphatic rings. The van der Waals surface area contributed by atoms with Gasteiger partial charge in [-0.2, -0.15) is 0 Å². The first-order chi connectivity index (χ1) is 6.70. The molecule has 0 fully saturated rings. The first-order valence-corrected chi connectivity index (χ1v) is 8.06. The summed E-state index contributed by atoms with van der Waals surface area (Å²) >= 11 is 14.3. The van der Waals surface area contributed by atoms with E-state index in [4.69, 9.17) is 0 Å². The van der Waals surface area contributed by atoms with Crippen molar-refractivity contribution in [3.63, 3.8) is 0 Å². The average Bonchev–Trinajstić information content (AvgIpc) is 2.73. The minimum Gasteiger partial charge on any atom is -0.146 e. The summed E-state index contributed by atoms with van der Waals surface area (Å²) in [5.41, 5.74) is 0. The molecule has 2 aromatic heterocycles. The van der Waals surface area contributed by atoms with E-state index in [2.05, 4.69) is 70.7 Å². The molecule has 0 radical (unpaired) electrons. The maximum Gasteiger partial charge on any atom is 0.0853 e. The number of hydrogen-bond acceptors (Lipinski definition) is 2. The van der Waals surface area contributed by atoms with Gasteiger partial charge in [0.15, 0.2) is 0 Å². The summed E-state index contributed by atoms with van der Waals surface area (Å²) in [5.74, 6) is 0. The van der Waals surface area contributed by atoms with Crippen molar-refractivity contribution >= 4 is 70.5 Å². The number of rotatable bonds is 2. The Morgan fingerprint density at radius 3 is 1.64 bits per heavy atom. The van der Waals surface area contributed by atoms with Gasteiger partial charge in [0, 0.05) is 18.7 Å². The van der Waals surface area contributed by atoms with E-state index < -0.39 is 0 Å². The molecule has 0 bridgehead atoms. The average molecular weight is 417 g/mol. The van der Waals surface area contributed by atoms with Gasteiger partial charge >= 0.3 is 0 Å². The Labute approximate surface area is 116 Å². The zero-order valence-electron chi connectivity index (χ0n) is 6.84. The number of halogens is 3. The standard InChI is InChI=1S/C9H5Br3S2/c10-5-1-3-13-8(5)7(12)9-6(11)2-4-14-9/h1-4,7H. The van der Waals surface area contributed by atoms with Crippen LogP contribution in [0, 0.1) is 0 Å². The largest absolute Gasteiger partial charge is 0.146 e. The van der Waals surface area contributed by atoms with Crippen molar-refractivity contribution in [1.29, 1.82) is 0 Å². The molecule has 74 valence electrons. The zero-order chi connectivity index (χ0) is 10.1. The van der Waals surface area contributed by atoms with Crippen LogP contribution in [0.4, 0.5) is 0 Å². The fourth-order valence-electron chi connectivity index (χ4n) is 1.09. The quantitative estimate of drug-likeness (QED) is 0.541. The zero-order valence-corrected chi connectivity index (χ0v) is 13.2. The number of alkyl halides is 1. The Balaban J connectivity index is 2.38. The molecule has 0 nitrogen and oxygen atoms in total. The molecule has 2 heterocycles. The first kappa shape index (κ1) is 11.3. The topological polar surface area (TPSA) is 0 Å². The van der Waals surface area contributed by atoms with Crippen LogP contribution in [0.15, 0.2) is 31.8 Å². The first-order valence-electron chi connectivity index (χ1n) is 3.80. The third-order valence-electron chi connectivity index (χ3n) is 1.75. The molecular weight excluding hydrogens is 412 g/mol. The van der Waals surface area contributed by atoms with E-state index in [1.54, 1.807) is 22.7 Å². The lowest BCUT2D eigenvalue weighted by molar-refractivity contribution is 1.26. The monoisotopic (exact) mass is 414 g/mol. The minimum absolute atomic E-state index is 0.284. The molecule has 2 aromatic rings. The molecule has 14 heavy (non-hydrogen) atoms. The molecule has 0 aliphatic carbocycles. The fraction of sp³-hybridized carbons (Fsp3) is 0.111. The maximum absolute atomic E-state index is 3.71. The summed E-state index contributed by atoms with van der Waals surface area (Å²) in [4.78, 5) is 2.91. The summed E-state index contributed by atoms with van der Waals surface area (Å²) in [6.45, 7) is 0. The number of thiophene rings is 2. The SMILES string of the molecule is Brc1ccsc1C(Br)c1sccc1Br. The molecule has 0 atom stereocenters. The third kappa shape index (κ3) is 2.16. The number of hydrogen-bond donors (Lipinski definition) is 0. The van der Waals surface area contributed by atoms with Gasteiger partial charge < -0.3 is 0 Å². The molecule has 5 heteroatoms. The molecule has 0 saturated heterocycles. The van der Waals surface area contributed by atoms with Crippen LogP contribution in [0.1, 0.15) is 14.6 Å². The molecule has 0 saturated carbocycles. The van der Waals surface area contributed by atoms with Crippen LogP contribution in [-0.4, -0.2) is 0 Å². The normalized spacial score (nSPS) is 11.1. The minimum atomic E-state index is 0.284. The van der Waals surface area contributed by atoms with Gasteiger partial charge in [0.05, 0.1) is 4.83 Å². The van der Waals surface area contributed by atoms with E-state index in [0.717, 1.165) is 0 Å². The second kappa shape index (κ2) is 4.78. The van der Waals surface area contributed by atoms with Crippen LogP contribution in [0.3, 0.4) is 0 Å². The summed E-state index contributed by atoms with van der Waals surface area (Å²) in [6, 6.07) is 4.16. The van der Waals surface area contributed by atoms with Gasteiger partial charge in [-0.25, -0.2) is 0 Å². The lowest BCUT2D eigenvalue weighted by Gasteiger charge is -2.06. The van der Waals surface area contributed by atoms with Gasteiger partial charge in [0.25, 0.3) is 0 Å². The van der Waals surface area contributed by atoms with Crippen molar-refractivity contribution in [2.24, 2.45) is 0 Å². The highest BCUT2D eigenvalue weighted by molar-refractivity contribution is 9.11. The Kier molecular flexibility index (Phi) is 3.87. The molecule has 0 N–H and O–H groups in total. The molecule has 0 aliphatic heterocycles. The summed E-state index contributed by atoms with van der Waals surface area (Å²) in [6.07, 6.45) is 0. The van der Waals surface area contributed by atoms with Crippen molar-refractivity contribution in [3.05, 3.63) is 41.6 Å². The lowest BCUT2D eigenvalue weighted by Crippen LogP contribution is -1.86. The van der Waals surface area contributed by atoms with E-state index >= 15 is 0 Å². The van der Waals surface area contributed by atoms with Gasteiger partial charge in [0.1, 0.15) is 0 Å². The smallest absolute Gasteiger partial charge is 0.0853 e. The van der Waals surface area contributed by atoms with Crippen molar-refractivity contribution in [2.75, 3.05) is 0 Å². The molecular formula is C9H5Br3S2. The van der Waals surface area contributed by atoms with Crippen molar-refractivity contribution < 1.29 is 0 Å². The Morgan fingerprint density at radius 1 is 0.929 bits per heavy atom. The van der Waals surface area contributed by atoms with Crippen LogP contribution in [0.25, 0.3) is 0 Å². The van der Waals surface area contributed by atoms with Crippen LogP contribution in [0.5, 0.6) is 0 Å². The van der Waals surface area contributed by atoms with Gasteiger partial charge in [-0.05, 0) is 54.8 Å². The van der Waals surface area contributed by atoms with Gasteiger partial charge in [-0.15, -0.1) is 22.7 Å². The van der Waals surface area contributed by atoms with E-state index in [-0.39, 0.29) is 4.83 Å². The second-order valence-electron chi connectivity index (χ2n) is 2.63. The maximum atomic E-state index is 3.71. The van der Waals surface area contributed by atoms with E-state index in [1.807, 2.05) is 0 Å². The Hall–Kier alpha value is 0.840. The summed E-state index contributed by atoms with van der Waals surface area (Å²) in [7, 11) is 0. The summed E-state index contributed by atoms with van der Waals surface area (Å²) < 4.78 is 2.34. The molecule has 0 unspecified atom stereocenters. The van der Waals surface area contributed by atoms with Crippen LogP contribution in [-0.2, 0) is 0 Å². The lowest BCUT2D eigenvalue weighted by atomic mass is 10.3. The van der Waals surface area contributed by atoms with Gasteiger partial charge in [-0.1, -0.05) is 15.9 Å². The molecule has 2 rings (SSSR count). The third-order valence-corrected chi connectivity index (χ3v) is 7.14. The molecule has 0 amide bonds. The highest BCUT2D eigenvalue weighted by Crippen LogP contribution is 2.43. The predicted octanol–water partition coefficient (Wildman–Crippen LogP) is 5.82. The predicted molar refractivity (Wildman–Crippen MR) is 74.8 cm³/mol. The highest BCUT2D eigenvalue weighted by Gasteiger charge is 2.18. The van der Waals surface area contributed by atoms with E-state index in [0.29, 0.717) is 0 Å². The van der Waals surface area contributed by atoms with E-state index in [1.165, 1.54) is 18.7 Å². The Morgan fingerprint density at radius 2 is 1.36 bits per heavy atom. The fourth-order valence-corrected chi connectivity index (χ4v) is 6.09. The second-order valence-corrected chi connectivity index (χ2v) is 7.15. The van der Waals surface area contributed by atoms with Crippen LogP contribution < -0.4 is 0 Å². The van der Waals surface area contributed by atoms with Crippen molar-refractivity contribution in [1.82, 2.24) is 0 Å². The van der Waals surface area contributed by atoms with Crippen LogP contribution >= 0.6 is 70.5 Å². The summed E-state index contributed by atoms with van der Waals surface area (Å²) in [5, 5.41) is 4.18.